The average molecular weight is 486 g/mol. The van der Waals surface area contributed by atoms with Crippen LogP contribution in [0.3, 0.4) is 0 Å². The highest BCUT2D eigenvalue weighted by Crippen LogP contribution is 2.20. The minimum atomic E-state index is -0.183. The van der Waals surface area contributed by atoms with Crippen LogP contribution < -0.4 is 5.32 Å². The van der Waals surface area contributed by atoms with Gasteiger partial charge in [-0.15, -0.1) is 34.2 Å². The number of aliphatic imine (C=N–C) groups is 1. The van der Waals surface area contributed by atoms with Crippen LogP contribution in [0, 0.1) is 12.7 Å². The number of nitrogens with zero attached hydrogens (tertiary/aromatic N) is 5. The second-order valence-electron chi connectivity index (χ2n) is 6.73. The van der Waals surface area contributed by atoms with Gasteiger partial charge in [0.2, 0.25) is 0 Å². The summed E-state index contributed by atoms with van der Waals surface area (Å²) < 4.78 is 15.6. The van der Waals surface area contributed by atoms with Gasteiger partial charge in [0.25, 0.3) is 0 Å². The Balaban J connectivity index is 0.00000261. The average Bonchev–Trinajstić information content (AvgIpc) is 2.96. The number of fused-ring (bicyclic) bond motifs is 1. The van der Waals surface area contributed by atoms with Crippen molar-refractivity contribution < 1.29 is 4.39 Å². The zero-order chi connectivity index (χ0) is 18.5. The molecule has 8 heteroatoms. The van der Waals surface area contributed by atoms with Gasteiger partial charge in [0.15, 0.2) is 11.8 Å². The van der Waals surface area contributed by atoms with Crippen molar-refractivity contribution in [2.75, 3.05) is 13.1 Å². The minimum Gasteiger partial charge on any atom is -0.356 e. The zero-order valence-electron chi connectivity index (χ0n) is 16.2. The molecule has 3 rings (SSSR count). The number of aromatic nitrogens is 3. The van der Waals surface area contributed by atoms with Crippen LogP contribution in [-0.4, -0.2) is 38.7 Å². The summed E-state index contributed by atoms with van der Waals surface area (Å²) in [4.78, 5) is 6.97. The number of hydrogen-bond acceptors (Lipinski definition) is 3. The Morgan fingerprint density at radius 1 is 1.30 bits per heavy atom. The summed E-state index contributed by atoms with van der Waals surface area (Å²) in [6, 6.07) is 5.07. The molecule has 1 N–H and O–H groups in total. The molecule has 0 bridgehead atoms. The molecule has 1 aromatic carbocycles. The van der Waals surface area contributed by atoms with Crippen molar-refractivity contribution >= 4 is 29.9 Å². The summed E-state index contributed by atoms with van der Waals surface area (Å²) in [5, 5.41) is 11.7. The third-order valence-electron chi connectivity index (χ3n) is 4.85. The van der Waals surface area contributed by atoms with Crippen molar-refractivity contribution in [2.24, 2.45) is 12.0 Å². The van der Waals surface area contributed by atoms with Gasteiger partial charge in [-0.25, -0.2) is 9.38 Å². The highest BCUT2D eigenvalue weighted by Gasteiger charge is 2.20. The first-order valence-electron chi connectivity index (χ1n) is 9.24. The molecule has 0 radical (unpaired) electrons. The summed E-state index contributed by atoms with van der Waals surface area (Å²) >= 11 is 0. The van der Waals surface area contributed by atoms with Crippen LogP contribution >= 0.6 is 24.0 Å². The summed E-state index contributed by atoms with van der Waals surface area (Å²) in [5.74, 6) is 2.38. The normalized spacial score (nSPS) is 13.9. The Kier molecular flexibility index (Phi) is 8.00. The van der Waals surface area contributed by atoms with Crippen LogP contribution in [0.1, 0.15) is 42.5 Å². The lowest BCUT2D eigenvalue weighted by atomic mass is 10.00. The van der Waals surface area contributed by atoms with E-state index in [0.29, 0.717) is 13.1 Å². The van der Waals surface area contributed by atoms with Crippen LogP contribution in [-0.2, 0) is 26.6 Å². The number of benzene rings is 1. The van der Waals surface area contributed by atoms with Gasteiger partial charge < -0.3 is 14.8 Å². The standard InChI is InChI=1S/C19H27FN6.HI/c1-4-5-9-21-19(22-12-18-24-23-14(2)25(18)3)26-10-8-15-6-7-17(20)11-16(15)13-26;/h6-7,11H,4-5,8-10,12-13H2,1-3H3,(H,21,22);1H. The quantitative estimate of drug-likeness (QED) is 0.305. The number of rotatable bonds is 5. The van der Waals surface area contributed by atoms with E-state index in [1.165, 1.54) is 5.56 Å². The maximum absolute atomic E-state index is 13.6. The van der Waals surface area contributed by atoms with E-state index in [2.05, 4.69) is 27.3 Å². The Morgan fingerprint density at radius 2 is 2.11 bits per heavy atom. The molecule has 0 unspecified atom stereocenters. The van der Waals surface area contributed by atoms with Gasteiger partial charge in [-0.1, -0.05) is 19.4 Å². The van der Waals surface area contributed by atoms with Gasteiger partial charge in [-0.2, -0.15) is 0 Å². The van der Waals surface area contributed by atoms with Crippen molar-refractivity contribution in [3.63, 3.8) is 0 Å². The van der Waals surface area contributed by atoms with Crippen molar-refractivity contribution in [1.29, 1.82) is 0 Å². The van der Waals surface area contributed by atoms with Gasteiger partial charge >= 0.3 is 0 Å². The number of aryl methyl sites for hydroxylation is 1. The van der Waals surface area contributed by atoms with Crippen molar-refractivity contribution in [2.45, 2.75) is 46.2 Å². The van der Waals surface area contributed by atoms with Gasteiger partial charge in [-0.05, 0) is 43.0 Å². The molecule has 2 heterocycles. The van der Waals surface area contributed by atoms with Gasteiger partial charge in [0.05, 0.1) is 0 Å². The van der Waals surface area contributed by atoms with Crippen LogP contribution in [0.2, 0.25) is 0 Å². The second-order valence-corrected chi connectivity index (χ2v) is 6.73. The summed E-state index contributed by atoms with van der Waals surface area (Å²) in [5.41, 5.74) is 2.26. The largest absolute Gasteiger partial charge is 0.356 e. The molecule has 0 spiro atoms. The third kappa shape index (κ3) is 5.40. The Hall–Kier alpha value is -1.71. The molecule has 6 nitrogen and oxygen atoms in total. The van der Waals surface area contributed by atoms with Crippen LogP contribution in [0.25, 0.3) is 0 Å². The Bertz CT molecular complexity index is 789. The van der Waals surface area contributed by atoms with E-state index in [4.69, 9.17) is 4.99 Å². The molecule has 1 aromatic heterocycles. The first kappa shape index (κ1) is 21.6. The highest BCUT2D eigenvalue weighted by atomic mass is 127. The van der Waals surface area contributed by atoms with E-state index in [0.717, 1.165) is 55.5 Å². The third-order valence-corrected chi connectivity index (χ3v) is 4.85. The fourth-order valence-corrected chi connectivity index (χ4v) is 3.09. The maximum atomic E-state index is 13.6. The van der Waals surface area contributed by atoms with Crippen LogP contribution in [0.15, 0.2) is 23.2 Å². The predicted molar refractivity (Wildman–Crippen MR) is 116 cm³/mol. The predicted octanol–water partition coefficient (Wildman–Crippen LogP) is 3.18. The van der Waals surface area contributed by atoms with Gasteiger partial charge in [0, 0.05) is 26.7 Å². The molecule has 0 atom stereocenters. The van der Waals surface area contributed by atoms with Crippen LogP contribution in [0.4, 0.5) is 4.39 Å². The lowest BCUT2D eigenvalue weighted by molar-refractivity contribution is 0.375. The zero-order valence-corrected chi connectivity index (χ0v) is 18.5. The molecule has 148 valence electrons. The van der Waals surface area contributed by atoms with E-state index < -0.39 is 0 Å². The molecule has 1 aliphatic heterocycles. The van der Waals surface area contributed by atoms with Crippen molar-refractivity contribution in [1.82, 2.24) is 25.0 Å². The van der Waals surface area contributed by atoms with E-state index in [1.54, 1.807) is 12.1 Å². The maximum Gasteiger partial charge on any atom is 0.194 e. The monoisotopic (exact) mass is 486 g/mol. The van der Waals surface area contributed by atoms with Gasteiger partial charge in [0.1, 0.15) is 18.2 Å². The number of guanidine groups is 1. The SMILES string of the molecule is CCCCNC(=NCc1nnc(C)n1C)N1CCc2ccc(F)cc2C1.I. The van der Waals surface area contributed by atoms with Crippen LogP contribution in [0.5, 0.6) is 0 Å². The molecule has 0 saturated carbocycles. The summed E-state index contributed by atoms with van der Waals surface area (Å²) in [6.45, 7) is 6.98. The summed E-state index contributed by atoms with van der Waals surface area (Å²) in [7, 11) is 1.95. The molecule has 27 heavy (non-hydrogen) atoms. The smallest absolute Gasteiger partial charge is 0.194 e. The fourth-order valence-electron chi connectivity index (χ4n) is 3.09. The molecule has 2 aromatic rings. The summed E-state index contributed by atoms with van der Waals surface area (Å²) in [6.07, 6.45) is 3.10. The molecule has 1 aliphatic rings. The lowest BCUT2D eigenvalue weighted by Crippen LogP contribution is -2.44. The molecular formula is C19H28FIN6. The number of nitrogens with one attached hydrogen (secondary N) is 1. The van der Waals surface area contributed by atoms with Crippen molar-refractivity contribution in [3.8, 4) is 0 Å². The minimum absolute atomic E-state index is 0. The Morgan fingerprint density at radius 3 is 2.81 bits per heavy atom. The fraction of sp³-hybridized carbons (Fsp3) is 0.526. The second kappa shape index (κ2) is 10.0. The number of unbranched alkanes of at least 4 members (excludes halogenated alkanes) is 1. The van der Waals surface area contributed by atoms with E-state index in [9.17, 15) is 4.39 Å². The molecular weight excluding hydrogens is 458 g/mol. The first-order valence-corrected chi connectivity index (χ1v) is 9.24. The topological polar surface area (TPSA) is 58.3 Å². The molecule has 0 amide bonds. The molecule has 0 aliphatic carbocycles. The lowest BCUT2D eigenvalue weighted by Gasteiger charge is -2.32. The molecule has 0 saturated heterocycles. The number of halogens is 2. The van der Waals surface area contributed by atoms with Crippen molar-refractivity contribution in [3.05, 3.63) is 46.8 Å². The number of hydrogen-bond donors (Lipinski definition) is 1. The Labute approximate surface area is 177 Å². The van der Waals surface area contributed by atoms with E-state index in [1.807, 2.05) is 24.6 Å². The van der Waals surface area contributed by atoms with Gasteiger partial charge in [-0.3, -0.25) is 0 Å². The first-order chi connectivity index (χ1) is 12.6. The van der Waals surface area contributed by atoms with E-state index in [-0.39, 0.29) is 29.8 Å². The highest BCUT2D eigenvalue weighted by molar-refractivity contribution is 14.0. The molecule has 0 fully saturated rings. The van der Waals surface area contributed by atoms with E-state index >= 15 is 0 Å².